The summed E-state index contributed by atoms with van der Waals surface area (Å²) in [6.45, 7) is 4.22. The van der Waals surface area contributed by atoms with Crippen LogP contribution in [0, 0.1) is 0 Å². The maximum Gasteiger partial charge on any atom is 0.471 e. The van der Waals surface area contributed by atoms with Gasteiger partial charge in [0.1, 0.15) is 0 Å². The minimum absolute atomic E-state index is 0.208. The van der Waals surface area contributed by atoms with Crippen molar-refractivity contribution in [2.75, 3.05) is 13.1 Å². The van der Waals surface area contributed by atoms with Gasteiger partial charge in [-0.3, -0.25) is 4.79 Å². The largest absolute Gasteiger partial charge is 0.471 e. The summed E-state index contributed by atoms with van der Waals surface area (Å²) >= 11 is 0. The van der Waals surface area contributed by atoms with Gasteiger partial charge >= 0.3 is 18.2 Å². The van der Waals surface area contributed by atoms with E-state index in [9.17, 15) is 22.8 Å². The zero-order valence-electron chi connectivity index (χ0n) is 9.76. The number of nitrogens with one attached hydrogen (secondary N) is 1. The van der Waals surface area contributed by atoms with Crippen molar-refractivity contribution in [1.29, 1.82) is 0 Å². The molecule has 0 aliphatic rings. The molecule has 0 fully saturated rings. The Labute approximate surface area is 96.6 Å². The second-order valence-electron chi connectivity index (χ2n) is 4.36. The summed E-state index contributed by atoms with van der Waals surface area (Å²) in [6.07, 6.45) is -6.20. The summed E-state index contributed by atoms with van der Waals surface area (Å²) < 4.78 is 35.5. The standard InChI is InChI=1S/C9H15F3N2O3/c1-8(2,3)14(7(16)17)5-4-13-6(15)9(10,11)12/h4-5H2,1-3H3,(H,13,15)(H,16,17). The molecule has 0 aromatic heterocycles. The molecule has 0 saturated heterocycles. The normalized spacial score (nSPS) is 12.1. The van der Waals surface area contributed by atoms with Gasteiger partial charge in [0.05, 0.1) is 0 Å². The molecule has 2 N–H and O–H groups in total. The first kappa shape index (κ1) is 15.5. The van der Waals surface area contributed by atoms with Crippen LogP contribution in [0.1, 0.15) is 20.8 Å². The van der Waals surface area contributed by atoms with E-state index < -0.39 is 23.7 Å². The van der Waals surface area contributed by atoms with E-state index in [1.165, 1.54) is 0 Å². The maximum absolute atomic E-state index is 11.8. The van der Waals surface area contributed by atoms with Crippen LogP contribution in [-0.4, -0.2) is 46.8 Å². The Hall–Kier alpha value is -1.47. The fourth-order valence-electron chi connectivity index (χ4n) is 1.10. The summed E-state index contributed by atoms with van der Waals surface area (Å²) in [5.74, 6) is -2.07. The maximum atomic E-state index is 11.8. The SMILES string of the molecule is CC(C)(C)N(CCNC(=O)C(F)(F)F)C(=O)O. The van der Waals surface area contributed by atoms with Crippen LogP contribution >= 0.6 is 0 Å². The fraction of sp³-hybridized carbons (Fsp3) is 0.778. The smallest absolute Gasteiger partial charge is 0.465 e. The van der Waals surface area contributed by atoms with Crippen molar-refractivity contribution in [3.8, 4) is 0 Å². The summed E-state index contributed by atoms with van der Waals surface area (Å²) in [5, 5.41) is 10.4. The van der Waals surface area contributed by atoms with Crippen LogP contribution in [0.2, 0.25) is 0 Å². The Bertz CT molecular complexity index is 297. The molecule has 0 aliphatic carbocycles. The highest BCUT2D eigenvalue weighted by atomic mass is 19.4. The van der Waals surface area contributed by atoms with Crippen LogP contribution in [0.25, 0.3) is 0 Å². The molecule has 5 nitrogen and oxygen atoms in total. The number of carbonyl (C=O) groups excluding carboxylic acids is 1. The molecule has 0 bridgehead atoms. The third-order valence-electron chi connectivity index (χ3n) is 1.92. The molecule has 2 amide bonds. The second-order valence-corrected chi connectivity index (χ2v) is 4.36. The van der Waals surface area contributed by atoms with Gasteiger partial charge in [0.15, 0.2) is 0 Å². The van der Waals surface area contributed by atoms with Crippen molar-refractivity contribution in [2.24, 2.45) is 0 Å². The summed E-state index contributed by atoms with van der Waals surface area (Å²) in [6, 6.07) is 0. The number of halogens is 3. The Morgan fingerprint density at radius 2 is 1.71 bits per heavy atom. The quantitative estimate of drug-likeness (QED) is 0.802. The topological polar surface area (TPSA) is 69.6 Å². The van der Waals surface area contributed by atoms with E-state index >= 15 is 0 Å². The van der Waals surface area contributed by atoms with Gasteiger partial charge in [0.25, 0.3) is 0 Å². The zero-order chi connectivity index (χ0) is 13.9. The van der Waals surface area contributed by atoms with Gasteiger partial charge in [0.2, 0.25) is 0 Å². The highest BCUT2D eigenvalue weighted by Crippen LogP contribution is 2.15. The number of carboxylic acid groups (broad SMARTS) is 1. The first-order chi connectivity index (χ1) is 7.46. The molecule has 0 aliphatic heterocycles. The number of carbonyl (C=O) groups is 2. The molecule has 0 atom stereocenters. The van der Waals surface area contributed by atoms with Crippen LogP contribution in [0.15, 0.2) is 0 Å². The van der Waals surface area contributed by atoms with Gasteiger partial charge in [-0.2, -0.15) is 13.2 Å². The van der Waals surface area contributed by atoms with E-state index in [-0.39, 0.29) is 13.1 Å². The number of alkyl halides is 3. The van der Waals surface area contributed by atoms with Crippen molar-refractivity contribution in [1.82, 2.24) is 10.2 Å². The molecule has 100 valence electrons. The molecule has 0 heterocycles. The van der Waals surface area contributed by atoms with E-state index in [1.807, 2.05) is 0 Å². The predicted molar refractivity (Wildman–Crippen MR) is 53.5 cm³/mol. The second kappa shape index (κ2) is 5.24. The zero-order valence-corrected chi connectivity index (χ0v) is 9.76. The van der Waals surface area contributed by atoms with Crippen molar-refractivity contribution in [2.45, 2.75) is 32.5 Å². The van der Waals surface area contributed by atoms with Crippen molar-refractivity contribution < 1.29 is 27.9 Å². The first-order valence-electron chi connectivity index (χ1n) is 4.82. The lowest BCUT2D eigenvalue weighted by molar-refractivity contribution is -0.173. The average Bonchev–Trinajstić information content (AvgIpc) is 2.07. The van der Waals surface area contributed by atoms with Crippen LogP contribution < -0.4 is 5.32 Å². The van der Waals surface area contributed by atoms with Crippen molar-refractivity contribution >= 4 is 12.0 Å². The Kier molecular flexibility index (Phi) is 4.79. The summed E-state index contributed by atoms with van der Waals surface area (Å²) in [5.41, 5.74) is -0.741. The molecular weight excluding hydrogens is 241 g/mol. The van der Waals surface area contributed by atoms with E-state index in [0.29, 0.717) is 0 Å². The molecule has 0 aromatic rings. The van der Waals surface area contributed by atoms with Gasteiger partial charge in [-0.05, 0) is 20.8 Å². The van der Waals surface area contributed by atoms with Crippen LogP contribution in [0.4, 0.5) is 18.0 Å². The summed E-state index contributed by atoms with van der Waals surface area (Å²) in [7, 11) is 0. The highest BCUT2D eigenvalue weighted by Gasteiger charge is 2.38. The number of hydrogen-bond acceptors (Lipinski definition) is 2. The Balaban J connectivity index is 4.27. The molecule has 0 saturated carbocycles. The van der Waals surface area contributed by atoms with Crippen molar-refractivity contribution in [3.63, 3.8) is 0 Å². The molecule has 17 heavy (non-hydrogen) atoms. The van der Waals surface area contributed by atoms with E-state index in [2.05, 4.69) is 0 Å². The van der Waals surface area contributed by atoms with Gasteiger partial charge in [-0.1, -0.05) is 0 Å². The molecule has 0 radical (unpaired) electrons. The first-order valence-corrected chi connectivity index (χ1v) is 4.82. The average molecular weight is 256 g/mol. The molecule has 8 heteroatoms. The third kappa shape index (κ3) is 5.41. The molecule has 0 unspecified atom stereocenters. The van der Waals surface area contributed by atoms with Gasteiger partial charge < -0.3 is 15.3 Å². The molecule has 0 spiro atoms. The Morgan fingerprint density at radius 1 is 1.24 bits per heavy atom. The van der Waals surface area contributed by atoms with Gasteiger partial charge in [-0.15, -0.1) is 0 Å². The number of nitrogens with zero attached hydrogens (tertiary/aromatic N) is 1. The predicted octanol–water partition coefficient (Wildman–Crippen LogP) is 1.44. The lowest BCUT2D eigenvalue weighted by atomic mass is 10.1. The number of rotatable bonds is 3. The monoisotopic (exact) mass is 256 g/mol. The van der Waals surface area contributed by atoms with Crippen LogP contribution in [0.3, 0.4) is 0 Å². The third-order valence-corrected chi connectivity index (χ3v) is 1.92. The number of amides is 2. The van der Waals surface area contributed by atoms with Gasteiger partial charge in [-0.25, -0.2) is 4.79 Å². The van der Waals surface area contributed by atoms with Crippen LogP contribution in [0.5, 0.6) is 0 Å². The minimum atomic E-state index is -4.95. The highest BCUT2D eigenvalue weighted by molar-refractivity contribution is 5.81. The van der Waals surface area contributed by atoms with Crippen LogP contribution in [-0.2, 0) is 4.79 Å². The van der Waals surface area contributed by atoms with E-state index in [0.717, 1.165) is 4.90 Å². The van der Waals surface area contributed by atoms with Gasteiger partial charge in [0, 0.05) is 18.6 Å². The molecule has 0 aromatic carbocycles. The van der Waals surface area contributed by atoms with Crippen molar-refractivity contribution in [3.05, 3.63) is 0 Å². The van der Waals surface area contributed by atoms with E-state index in [4.69, 9.17) is 5.11 Å². The lowest BCUT2D eigenvalue weighted by Crippen LogP contribution is -2.49. The fourth-order valence-corrected chi connectivity index (χ4v) is 1.10. The molecule has 0 rings (SSSR count). The van der Waals surface area contributed by atoms with E-state index in [1.54, 1.807) is 26.1 Å². The summed E-state index contributed by atoms with van der Waals surface area (Å²) in [4.78, 5) is 22.2. The lowest BCUT2D eigenvalue weighted by Gasteiger charge is -2.33. The Morgan fingerprint density at radius 3 is 2.00 bits per heavy atom. The molecular formula is C9H15F3N2O3. The minimum Gasteiger partial charge on any atom is -0.465 e. The number of hydrogen-bond donors (Lipinski definition) is 2.